The van der Waals surface area contributed by atoms with E-state index in [4.69, 9.17) is 0 Å². The van der Waals surface area contributed by atoms with E-state index in [0.29, 0.717) is 36.8 Å². The number of hydrogen-bond donors (Lipinski definition) is 2. The van der Waals surface area contributed by atoms with Crippen molar-refractivity contribution in [1.82, 2.24) is 15.3 Å². The molecule has 0 spiro atoms. The van der Waals surface area contributed by atoms with E-state index in [-0.39, 0.29) is 17.5 Å². The van der Waals surface area contributed by atoms with Crippen molar-refractivity contribution in [1.29, 1.82) is 0 Å². The van der Waals surface area contributed by atoms with E-state index in [9.17, 15) is 9.59 Å². The number of carbonyl (C=O) groups is 2. The van der Waals surface area contributed by atoms with Gasteiger partial charge in [0, 0.05) is 24.5 Å². The average molecular weight is 441 g/mol. The molecule has 1 fully saturated rings. The van der Waals surface area contributed by atoms with Gasteiger partial charge in [-0.05, 0) is 59.4 Å². The van der Waals surface area contributed by atoms with E-state index >= 15 is 0 Å². The zero-order valence-corrected chi connectivity index (χ0v) is 18.1. The molecule has 8 heteroatoms. The van der Waals surface area contributed by atoms with Gasteiger partial charge in [-0.15, -0.1) is 5.11 Å². The fourth-order valence-electron chi connectivity index (χ4n) is 3.86. The molecule has 5 rings (SSSR count). The monoisotopic (exact) mass is 440 g/mol. The van der Waals surface area contributed by atoms with Gasteiger partial charge in [-0.25, -0.2) is 4.98 Å². The first-order valence-corrected chi connectivity index (χ1v) is 11.0. The number of anilines is 1. The number of rotatable bonds is 7. The van der Waals surface area contributed by atoms with E-state index < -0.39 is 0 Å². The normalized spacial score (nSPS) is 15.0. The van der Waals surface area contributed by atoms with Crippen LogP contribution in [0.3, 0.4) is 0 Å². The highest BCUT2D eigenvalue weighted by atomic mass is 16.2. The molecule has 0 saturated heterocycles. The molecular weight excluding hydrogens is 416 g/mol. The van der Waals surface area contributed by atoms with E-state index in [1.165, 1.54) is 0 Å². The molecule has 2 heterocycles. The number of carbonyl (C=O) groups excluding carboxylic acids is 2. The van der Waals surface area contributed by atoms with E-state index in [0.717, 1.165) is 29.2 Å². The molecule has 2 amide bonds. The number of amides is 2. The zero-order chi connectivity index (χ0) is 22.6. The van der Waals surface area contributed by atoms with E-state index in [1.807, 2.05) is 47.5 Å². The fourth-order valence-corrected chi connectivity index (χ4v) is 3.86. The molecule has 166 valence electrons. The molecule has 0 unspecified atom stereocenters. The lowest BCUT2D eigenvalue weighted by molar-refractivity contribution is 0.0948. The predicted molar refractivity (Wildman–Crippen MR) is 126 cm³/mol. The molecule has 2 N–H and O–H groups in total. The Balaban J connectivity index is 1.39. The maximum atomic E-state index is 13.3. The van der Waals surface area contributed by atoms with Crippen molar-refractivity contribution in [2.45, 2.75) is 19.4 Å². The summed E-state index contributed by atoms with van der Waals surface area (Å²) in [4.78, 5) is 30.1. The van der Waals surface area contributed by atoms with E-state index in [1.54, 1.807) is 24.5 Å². The van der Waals surface area contributed by atoms with Gasteiger partial charge in [0.25, 0.3) is 11.8 Å². The Morgan fingerprint density at radius 2 is 1.85 bits per heavy atom. The molecule has 2 aliphatic rings. The zero-order valence-electron chi connectivity index (χ0n) is 18.1. The Morgan fingerprint density at radius 3 is 2.64 bits per heavy atom. The molecule has 3 aromatic rings. The summed E-state index contributed by atoms with van der Waals surface area (Å²) in [6.07, 6.45) is 7.47. The smallest absolute Gasteiger partial charge is 0.272 e. The van der Waals surface area contributed by atoms with Crippen LogP contribution in [0.5, 0.6) is 0 Å². The van der Waals surface area contributed by atoms with Crippen molar-refractivity contribution in [3.63, 3.8) is 0 Å². The first-order valence-electron chi connectivity index (χ1n) is 11.0. The summed E-state index contributed by atoms with van der Waals surface area (Å²) >= 11 is 0. The van der Waals surface area contributed by atoms with Crippen LogP contribution in [0.15, 0.2) is 77.3 Å². The van der Waals surface area contributed by atoms with Crippen molar-refractivity contribution in [2.75, 3.05) is 18.4 Å². The number of benzene rings is 2. The van der Waals surface area contributed by atoms with Crippen LogP contribution in [0.25, 0.3) is 10.8 Å². The number of nitrogens with one attached hydrogen (secondary N) is 2. The first kappa shape index (κ1) is 20.8. The Morgan fingerprint density at radius 1 is 1.00 bits per heavy atom. The standard InChI is InChI=1S/C25H24N6O2/c32-24(29-22-7-3-12-26-23(22)25(33)27-15-17-8-9-17)21-11-10-18(16-31-14-4-13-28-30-31)19-5-1-2-6-20(19)21/h1-7,10-13,17H,8-9,14-16H2,(H,27,33)(H,29,32). The summed E-state index contributed by atoms with van der Waals surface area (Å²) in [5.41, 5.74) is 2.20. The van der Waals surface area contributed by atoms with Gasteiger partial charge >= 0.3 is 0 Å². The topological polar surface area (TPSA) is 99.0 Å². The summed E-state index contributed by atoms with van der Waals surface area (Å²) in [7, 11) is 0. The molecule has 0 radical (unpaired) electrons. The molecule has 0 bridgehead atoms. The van der Waals surface area contributed by atoms with Crippen LogP contribution in [0, 0.1) is 5.92 Å². The highest BCUT2D eigenvalue weighted by Gasteiger charge is 2.23. The third-order valence-electron chi connectivity index (χ3n) is 5.80. The highest BCUT2D eigenvalue weighted by Crippen LogP contribution is 2.28. The van der Waals surface area contributed by atoms with Gasteiger partial charge in [0.05, 0.1) is 18.8 Å². The largest absolute Gasteiger partial charge is 0.350 e. The van der Waals surface area contributed by atoms with Crippen molar-refractivity contribution >= 4 is 28.3 Å². The Kier molecular flexibility index (Phi) is 5.80. The summed E-state index contributed by atoms with van der Waals surface area (Å²) in [5.74, 6) is -0.00616. The molecule has 0 atom stereocenters. The van der Waals surface area contributed by atoms with E-state index in [2.05, 4.69) is 26.0 Å². The van der Waals surface area contributed by atoms with Gasteiger partial charge in [-0.2, -0.15) is 0 Å². The molecule has 33 heavy (non-hydrogen) atoms. The minimum atomic E-state index is -0.289. The van der Waals surface area contributed by atoms with Crippen LogP contribution >= 0.6 is 0 Å². The highest BCUT2D eigenvalue weighted by molar-refractivity contribution is 6.15. The van der Waals surface area contributed by atoms with Gasteiger partial charge in [-0.1, -0.05) is 35.6 Å². The Labute approximate surface area is 191 Å². The number of aromatic nitrogens is 1. The molecule has 8 nitrogen and oxygen atoms in total. The lowest BCUT2D eigenvalue weighted by Gasteiger charge is -2.19. The van der Waals surface area contributed by atoms with Crippen LogP contribution in [0.4, 0.5) is 5.69 Å². The van der Waals surface area contributed by atoms with Crippen LogP contribution < -0.4 is 10.6 Å². The molecule has 2 aromatic carbocycles. The number of fused-ring (bicyclic) bond motifs is 1. The van der Waals surface area contributed by atoms with Crippen LogP contribution in [0.2, 0.25) is 0 Å². The summed E-state index contributed by atoms with van der Waals surface area (Å²) in [5, 5.41) is 17.6. The second-order valence-electron chi connectivity index (χ2n) is 8.26. The van der Waals surface area contributed by atoms with Gasteiger partial charge < -0.3 is 10.6 Å². The number of nitrogens with zero attached hydrogens (tertiary/aromatic N) is 4. The van der Waals surface area contributed by atoms with Crippen molar-refractivity contribution < 1.29 is 9.59 Å². The first-order chi connectivity index (χ1) is 16.2. The summed E-state index contributed by atoms with van der Waals surface area (Å²) < 4.78 is 0. The Hall–Kier alpha value is -4.07. The van der Waals surface area contributed by atoms with Crippen LogP contribution in [-0.2, 0) is 6.54 Å². The van der Waals surface area contributed by atoms with Crippen LogP contribution in [0.1, 0.15) is 39.3 Å². The Bertz CT molecular complexity index is 1260. The lowest BCUT2D eigenvalue weighted by Crippen LogP contribution is -2.28. The molecule has 1 aliphatic heterocycles. The van der Waals surface area contributed by atoms with Crippen molar-refractivity contribution in [3.8, 4) is 0 Å². The van der Waals surface area contributed by atoms with Gasteiger partial charge in [-0.3, -0.25) is 14.6 Å². The van der Waals surface area contributed by atoms with Crippen molar-refractivity contribution in [2.24, 2.45) is 16.3 Å². The minimum Gasteiger partial charge on any atom is -0.350 e. The predicted octanol–water partition coefficient (Wildman–Crippen LogP) is 4.32. The second kappa shape index (κ2) is 9.20. The minimum absolute atomic E-state index is 0.218. The van der Waals surface area contributed by atoms with Gasteiger partial charge in [0.1, 0.15) is 0 Å². The quantitative estimate of drug-likeness (QED) is 0.571. The molecule has 1 aromatic heterocycles. The van der Waals surface area contributed by atoms with Gasteiger partial charge in [0.15, 0.2) is 5.69 Å². The number of hydrogen-bond acceptors (Lipinski definition) is 6. The SMILES string of the molecule is O=C(NCC1CC1)c1ncccc1NC(=O)c1ccc(CN2CC=CN=N2)c2ccccc12. The van der Waals surface area contributed by atoms with Crippen LogP contribution in [-0.4, -0.2) is 34.9 Å². The average Bonchev–Trinajstić information content (AvgIpc) is 3.68. The molecular formula is C25H24N6O2. The second-order valence-corrected chi connectivity index (χ2v) is 8.26. The lowest BCUT2D eigenvalue weighted by atomic mass is 9.98. The summed E-state index contributed by atoms with van der Waals surface area (Å²) in [6.45, 7) is 1.91. The third kappa shape index (κ3) is 4.74. The van der Waals surface area contributed by atoms with Crippen molar-refractivity contribution in [3.05, 3.63) is 83.8 Å². The molecule has 1 aliphatic carbocycles. The van der Waals surface area contributed by atoms with Gasteiger partial charge in [0.2, 0.25) is 0 Å². The fraction of sp³-hybridized carbons (Fsp3) is 0.240. The molecule has 1 saturated carbocycles. The third-order valence-corrected chi connectivity index (χ3v) is 5.80. The maximum Gasteiger partial charge on any atom is 0.272 e. The number of pyridine rings is 1. The maximum absolute atomic E-state index is 13.3. The summed E-state index contributed by atoms with van der Waals surface area (Å²) in [6, 6.07) is 14.9.